The van der Waals surface area contributed by atoms with Gasteiger partial charge >= 0.3 is 0 Å². The number of hydrogen-bond donors (Lipinski definition) is 3. The number of nitrogens with one attached hydrogen (secondary N) is 2. The minimum atomic E-state index is -0.198. The van der Waals surface area contributed by atoms with Gasteiger partial charge in [-0.25, -0.2) is 0 Å². The second-order valence-electron chi connectivity index (χ2n) is 7.75. The summed E-state index contributed by atoms with van der Waals surface area (Å²) in [5, 5.41) is 14.8. The molecule has 1 aromatic carbocycles. The van der Waals surface area contributed by atoms with E-state index in [2.05, 4.69) is 38.3 Å². The van der Waals surface area contributed by atoms with Crippen LogP contribution in [0, 0.1) is 11.3 Å². The van der Waals surface area contributed by atoms with Gasteiger partial charge in [0.05, 0.1) is 19.1 Å². The summed E-state index contributed by atoms with van der Waals surface area (Å²) in [6, 6.07) is 7.10. The highest BCUT2D eigenvalue weighted by Gasteiger charge is 2.22. The van der Waals surface area contributed by atoms with Crippen LogP contribution in [0.4, 0.5) is 5.69 Å². The number of benzene rings is 1. The third-order valence-electron chi connectivity index (χ3n) is 4.65. The first-order chi connectivity index (χ1) is 11.7. The molecule has 0 saturated carbocycles. The Morgan fingerprint density at radius 2 is 1.72 bits per heavy atom. The van der Waals surface area contributed by atoms with E-state index in [9.17, 15) is 9.59 Å². The lowest BCUT2D eigenvalue weighted by atomic mass is 9.80. The number of carbonyl (C=O) groups is 2. The van der Waals surface area contributed by atoms with Crippen LogP contribution < -0.4 is 10.6 Å². The van der Waals surface area contributed by atoms with Gasteiger partial charge in [0, 0.05) is 12.1 Å². The number of aliphatic hydroxyl groups is 1. The van der Waals surface area contributed by atoms with Crippen molar-refractivity contribution in [2.24, 2.45) is 11.3 Å². The van der Waals surface area contributed by atoms with Crippen molar-refractivity contribution in [2.45, 2.75) is 59.9 Å². The highest BCUT2D eigenvalue weighted by molar-refractivity contribution is 5.91. The van der Waals surface area contributed by atoms with Gasteiger partial charge in [-0.2, -0.15) is 0 Å². The van der Waals surface area contributed by atoms with Crippen molar-refractivity contribution < 1.29 is 14.7 Å². The average Bonchev–Trinajstić information content (AvgIpc) is 2.53. The van der Waals surface area contributed by atoms with Crippen LogP contribution in [-0.4, -0.2) is 29.6 Å². The predicted molar refractivity (Wildman–Crippen MR) is 101 cm³/mol. The fourth-order valence-electron chi connectivity index (χ4n) is 2.24. The summed E-state index contributed by atoms with van der Waals surface area (Å²) >= 11 is 0. The molecule has 0 radical (unpaired) electrons. The monoisotopic (exact) mass is 348 g/mol. The van der Waals surface area contributed by atoms with Crippen LogP contribution in [0.5, 0.6) is 0 Å². The zero-order chi connectivity index (χ0) is 19.0. The first-order valence-electron chi connectivity index (χ1n) is 8.94. The van der Waals surface area contributed by atoms with Crippen LogP contribution >= 0.6 is 0 Å². The van der Waals surface area contributed by atoms with E-state index in [1.165, 1.54) is 0 Å². The zero-order valence-electron chi connectivity index (χ0n) is 16.1. The average molecular weight is 348 g/mol. The van der Waals surface area contributed by atoms with Crippen LogP contribution in [0.1, 0.15) is 53.0 Å². The van der Waals surface area contributed by atoms with Crippen molar-refractivity contribution in [1.82, 2.24) is 5.32 Å². The lowest BCUT2D eigenvalue weighted by molar-refractivity contribution is -0.121. The molecule has 0 aliphatic rings. The molecule has 0 aliphatic heterocycles. The molecule has 0 aliphatic carbocycles. The third-order valence-corrected chi connectivity index (χ3v) is 4.65. The zero-order valence-corrected chi connectivity index (χ0v) is 16.1. The van der Waals surface area contributed by atoms with E-state index < -0.39 is 0 Å². The first kappa shape index (κ1) is 21.2. The summed E-state index contributed by atoms with van der Waals surface area (Å²) in [4.78, 5) is 24.0. The smallest absolute Gasteiger partial charge is 0.224 e. The molecule has 2 atom stereocenters. The highest BCUT2D eigenvalue weighted by Crippen LogP contribution is 2.28. The Bertz CT molecular complexity index is 557. The molecule has 0 heterocycles. The summed E-state index contributed by atoms with van der Waals surface area (Å²) in [5.41, 5.74) is 1.70. The normalized spacial score (nSPS) is 13.8. The molecular formula is C20H32N2O3. The topological polar surface area (TPSA) is 78.4 Å². The molecule has 1 rings (SSSR count). The first-order valence-corrected chi connectivity index (χ1v) is 8.94. The van der Waals surface area contributed by atoms with Crippen molar-refractivity contribution in [2.75, 3.05) is 11.9 Å². The van der Waals surface area contributed by atoms with E-state index in [1.54, 1.807) is 0 Å². The van der Waals surface area contributed by atoms with E-state index in [1.807, 2.05) is 31.2 Å². The second-order valence-corrected chi connectivity index (χ2v) is 7.75. The molecule has 0 saturated heterocycles. The Hall–Kier alpha value is -1.88. The SMILES string of the molecule is CCC(CO)NC(=O)Cc1ccc(NC(=O)CC(C)C(C)(C)C)cc1. The Kier molecular flexibility index (Phi) is 8.10. The van der Waals surface area contributed by atoms with Crippen molar-refractivity contribution in [3.63, 3.8) is 0 Å². The molecule has 0 fully saturated rings. The fourth-order valence-corrected chi connectivity index (χ4v) is 2.24. The van der Waals surface area contributed by atoms with Crippen LogP contribution in [0.25, 0.3) is 0 Å². The van der Waals surface area contributed by atoms with Crippen molar-refractivity contribution in [3.8, 4) is 0 Å². The molecule has 0 aromatic heterocycles. The number of carbonyl (C=O) groups excluding carboxylic acids is 2. The maximum Gasteiger partial charge on any atom is 0.224 e. The number of amides is 2. The largest absolute Gasteiger partial charge is 0.394 e. The van der Waals surface area contributed by atoms with Crippen molar-refractivity contribution in [1.29, 1.82) is 0 Å². The molecule has 1 aromatic rings. The molecule has 25 heavy (non-hydrogen) atoms. The van der Waals surface area contributed by atoms with Crippen LogP contribution in [-0.2, 0) is 16.0 Å². The molecule has 2 amide bonds. The molecule has 0 bridgehead atoms. The number of aliphatic hydroxyl groups excluding tert-OH is 1. The standard InChI is InChI=1S/C20H32N2O3/c1-6-16(13-23)21-19(25)12-15-7-9-17(10-8-15)22-18(24)11-14(2)20(3,4)5/h7-10,14,16,23H,6,11-13H2,1-5H3,(H,21,25)(H,22,24). The van der Waals surface area contributed by atoms with E-state index in [0.29, 0.717) is 12.8 Å². The molecule has 2 unspecified atom stereocenters. The van der Waals surface area contributed by atoms with Gasteiger partial charge < -0.3 is 15.7 Å². The van der Waals surface area contributed by atoms with Gasteiger partial charge in [0.15, 0.2) is 0 Å². The minimum Gasteiger partial charge on any atom is -0.394 e. The van der Waals surface area contributed by atoms with E-state index in [-0.39, 0.29) is 42.2 Å². The number of anilines is 1. The maximum absolute atomic E-state index is 12.1. The number of hydrogen-bond acceptors (Lipinski definition) is 3. The van der Waals surface area contributed by atoms with Gasteiger partial charge in [-0.05, 0) is 35.4 Å². The molecule has 5 heteroatoms. The highest BCUT2D eigenvalue weighted by atomic mass is 16.3. The third kappa shape index (κ3) is 7.69. The van der Waals surface area contributed by atoms with Gasteiger partial charge in [0.2, 0.25) is 11.8 Å². The van der Waals surface area contributed by atoms with Crippen LogP contribution in [0.15, 0.2) is 24.3 Å². The maximum atomic E-state index is 12.1. The molecule has 3 N–H and O–H groups in total. The van der Waals surface area contributed by atoms with Gasteiger partial charge in [0.1, 0.15) is 0 Å². The Morgan fingerprint density at radius 3 is 2.20 bits per heavy atom. The summed E-state index contributed by atoms with van der Waals surface area (Å²) in [6.07, 6.45) is 1.43. The Morgan fingerprint density at radius 1 is 1.12 bits per heavy atom. The van der Waals surface area contributed by atoms with Crippen molar-refractivity contribution >= 4 is 17.5 Å². The Balaban J connectivity index is 2.53. The molecule has 5 nitrogen and oxygen atoms in total. The summed E-state index contributed by atoms with van der Waals surface area (Å²) < 4.78 is 0. The second kappa shape index (κ2) is 9.56. The summed E-state index contributed by atoms with van der Waals surface area (Å²) in [7, 11) is 0. The predicted octanol–water partition coefficient (Wildman–Crippen LogP) is 3.13. The lowest BCUT2D eigenvalue weighted by Gasteiger charge is -2.26. The quantitative estimate of drug-likeness (QED) is 0.675. The number of rotatable bonds is 8. The van der Waals surface area contributed by atoms with Gasteiger partial charge in [-0.3, -0.25) is 9.59 Å². The van der Waals surface area contributed by atoms with E-state index in [0.717, 1.165) is 11.3 Å². The Labute approximate surface area is 151 Å². The molecular weight excluding hydrogens is 316 g/mol. The minimum absolute atomic E-state index is 0.00153. The van der Waals surface area contributed by atoms with Gasteiger partial charge in [0.25, 0.3) is 0 Å². The van der Waals surface area contributed by atoms with Gasteiger partial charge in [-0.15, -0.1) is 0 Å². The van der Waals surface area contributed by atoms with Crippen LogP contribution in [0.3, 0.4) is 0 Å². The summed E-state index contributed by atoms with van der Waals surface area (Å²) in [5.74, 6) is 0.173. The molecule has 140 valence electrons. The van der Waals surface area contributed by atoms with Crippen molar-refractivity contribution in [3.05, 3.63) is 29.8 Å². The molecule has 0 spiro atoms. The van der Waals surface area contributed by atoms with Gasteiger partial charge in [-0.1, -0.05) is 46.8 Å². The van der Waals surface area contributed by atoms with E-state index >= 15 is 0 Å². The fraction of sp³-hybridized carbons (Fsp3) is 0.600. The van der Waals surface area contributed by atoms with Crippen LogP contribution in [0.2, 0.25) is 0 Å². The van der Waals surface area contributed by atoms with E-state index in [4.69, 9.17) is 5.11 Å². The lowest BCUT2D eigenvalue weighted by Crippen LogP contribution is -2.37. The summed E-state index contributed by atoms with van der Waals surface area (Å²) in [6.45, 7) is 10.3.